The molecule has 1 nitrogen and oxygen atoms in total. The van der Waals surface area contributed by atoms with Crippen LogP contribution in [0, 0.1) is 30.6 Å². The Kier molecular flexibility index (Phi) is 7.23. The quantitative estimate of drug-likeness (QED) is 0.176. The van der Waals surface area contributed by atoms with Crippen molar-refractivity contribution < 1.29 is 0 Å². The third-order valence-electron chi connectivity index (χ3n) is 13.6. The molecular formula is C51H49N. The van der Waals surface area contributed by atoms with E-state index in [0.29, 0.717) is 0 Å². The molecule has 5 aliphatic rings. The largest absolute Gasteiger partial charge is 0.310 e. The van der Waals surface area contributed by atoms with Crippen LogP contribution in [0.1, 0.15) is 75.1 Å². The maximum absolute atomic E-state index is 2.57. The zero-order chi connectivity index (χ0) is 35.2. The minimum atomic E-state index is 0.109. The Hall–Kier alpha value is -4.88. The first kappa shape index (κ1) is 31.8. The average molecular weight is 676 g/mol. The molecule has 1 spiro atoms. The van der Waals surface area contributed by atoms with Gasteiger partial charge in [-0.3, -0.25) is 0 Å². The number of hydrogen-bond acceptors (Lipinski definition) is 1. The standard InChI is InChI=1S/C51H49N/c1-33-11-10-15-47-49(33)45-32-43(25-26-46(45)51(47)40-28-34-27-35(30-40)31-41(51)29-34)52(42-23-19-37(20-24-42)36-12-6-5-7-13-36)48-16-9-8-14-44(48)38-17-21-39(22-18-38)50(2,3)4/h5-26,32,34-35,40-41H,27-31H2,1-4H3. The van der Waals surface area contributed by atoms with Crippen LogP contribution in [-0.2, 0) is 10.8 Å². The van der Waals surface area contributed by atoms with Crippen LogP contribution < -0.4 is 4.90 Å². The molecule has 11 rings (SSSR count). The maximum atomic E-state index is 2.57. The van der Waals surface area contributed by atoms with E-state index >= 15 is 0 Å². The second-order valence-electron chi connectivity index (χ2n) is 17.5. The molecule has 0 amide bonds. The second-order valence-corrected chi connectivity index (χ2v) is 17.5. The highest BCUT2D eigenvalue weighted by molar-refractivity contribution is 5.92. The van der Waals surface area contributed by atoms with Crippen molar-refractivity contribution >= 4 is 17.1 Å². The number of fused-ring (bicyclic) bond motifs is 3. The third-order valence-corrected chi connectivity index (χ3v) is 13.6. The van der Waals surface area contributed by atoms with E-state index in [4.69, 9.17) is 0 Å². The van der Waals surface area contributed by atoms with E-state index in [2.05, 4.69) is 172 Å². The fraction of sp³-hybridized carbons (Fsp3) is 0.294. The van der Waals surface area contributed by atoms with E-state index in [0.717, 1.165) is 23.7 Å². The van der Waals surface area contributed by atoms with Gasteiger partial charge in [-0.05, 0) is 149 Å². The summed E-state index contributed by atoms with van der Waals surface area (Å²) in [6.07, 6.45) is 7.10. The summed E-state index contributed by atoms with van der Waals surface area (Å²) < 4.78 is 0. The van der Waals surface area contributed by atoms with Gasteiger partial charge in [-0.2, -0.15) is 0 Å². The zero-order valence-corrected chi connectivity index (χ0v) is 31.1. The summed E-state index contributed by atoms with van der Waals surface area (Å²) in [7, 11) is 0. The summed E-state index contributed by atoms with van der Waals surface area (Å²) >= 11 is 0. The highest BCUT2D eigenvalue weighted by Gasteiger charge is 2.61. The van der Waals surface area contributed by atoms with Gasteiger partial charge in [0.15, 0.2) is 0 Å². The molecule has 0 N–H and O–H groups in total. The maximum Gasteiger partial charge on any atom is 0.0540 e. The number of hydrogen-bond donors (Lipinski definition) is 0. The molecule has 4 bridgehead atoms. The molecule has 6 aromatic carbocycles. The lowest BCUT2D eigenvalue weighted by Gasteiger charge is -2.61. The number of nitrogens with zero attached hydrogens (tertiary/aromatic N) is 1. The van der Waals surface area contributed by atoms with Gasteiger partial charge >= 0.3 is 0 Å². The molecular weight excluding hydrogens is 627 g/mol. The van der Waals surface area contributed by atoms with Crippen LogP contribution in [0.2, 0.25) is 0 Å². The Morgan fingerprint density at radius 1 is 0.519 bits per heavy atom. The molecule has 1 heteroatoms. The fourth-order valence-corrected chi connectivity index (χ4v) is 11.5. The molecule has 52 heavy (non-hydrogen) atoms. The van der Waals surface area contributed by atoms with Crippen LogP contribution in [0.5, 0.6) is 0 Å². The average Bonchev–Trinajstić information content (AvgIpc) is 3.45. The topological polar surface area (TPSA) is 3.24 Å². The predicted molar refractivity (Wildman–Crippen MR) is 219 cm³/mol. The molecule has 0 atom stereocenters. The third kappa shape index (κ3) is 4.81. The lowest BCUT2D eigenvalue weighted by molar-refractivity contribution is -0.0399. The van der Waals surface area contributed by atoms with E-state index in [-0.39, 0.29) is 10.8 Å². The summed E-state index contributed by atoms with van der Waals surface area (Å²) in [5, 5.41) is 0. The highest BCUT2D eigenvalue weighted by Crippen LogP contribution is 2.70. The lowest BCUT2D eigenvalue weighted by Crippen LogP contribution is -2.55. The number of para-hydroxylation sites is 1. The van der Waals surface area contributed by atoms with E-state index in [1.807, 2.05) is 0 Å². The van der Waals surface area contributed by atoms with E-state index in [1.54, 1.807) is 11.1 Å². The van der Waals surface area contributed by atoms with Gasteiger partial charge in [0, 0.05) is 22.4 Å². The van der Waals surface area contributed by atoms with Crippen LogP contribution in [0.3, 0.4) is 0 Å². The first-order valence-corrected chi connectivity index (χ1v) is 19.7. The van der Waals surface area contributed by atoms with Crippen LogP contribution in [-0.4, -0.2) is 0 Å². The van der Waals surface area contributed by atoms with Crippen molar-refractivity contribution in [2.24, 2.45) is 23.7 Å². The molecule has 258 valence electrons. The number of rotatable bonds is 5. The van der Waals surface area contributed by atoms with Gasteiger partial charge < -0.3 is 4.90 Å². The Labute approximate surface area is 310 Å². The molecule has 0 aliphatic heterocycles. The summed E-state index contributed by atoms with van der Waals surface area (Å²) in [5.74, 6) is 3.39. The number of aryl methyl sites for hydroxylation is 1. The van der Waals surface area contributed by atoms with E-state index < -0.39 is 0 Å². The summed E-state index contributed by atoms with van der Waals surface area (Å²) in [6, 6.07) is 53.0. The minimum Gasteiger partial charge on any atom is -0.310 e. The predicted octanol–water partition coefficient (Wildman–Crippen LogP) is 13.8. The molecule has 0 unspecified atom stereocenters. The molecule has 0 radical (unpaired) electrons. The minimum absolute atomic E-state index is 0.109. The Bertz CT molecular complexity index is 2260. The van der Waals surface area contributed by atoms with Crippen molar-refractivity contribution in [3.05, 3.63) is 162 Å². The zero-order valence-electron chi connectivity index (χ0n) is 31.1. The van der Waals surface area contributed by atoms with Crippen molar-refractivity contribution in [2.75, 3.05) is 4.90 Å². The highest BCUT2D eigenvalue weighted by atomic mass is 15.1. The van der Waals surface area contributed by atoms with Crippen molar-refractivity contribution in [3.63, 3.8) is 0 Å². The van der Waals surface area contributed by atoms with Gasteiger partial charge in [-0.25, -0.2) is 0 Å². The summed E-state index contributed by atoms with van der Waals surface area (Å²) in [5.41, 5.74) is 17.8. The van der Waals surface area contributed by atoms with Gasteiger partial charge in [0.25, 0.3) is 0 Å². The smallest absolute Gasteiger partial charge is 0.0540 e. The molecule has 0 aromatic heterocycles. The first-order chi connectivity index (χ1) is 25.3. The molecule has 0 saturated heterocycles. The van der Waals surface area contributed by atoms with E-state index in [1.165, 1.54) is 93.7 Å². The van der Waals surface area contributed by atoms with Crippen LogP contribution in [0.4, 0.5) is 17.1 Å². The Balaban J connectivity index is 1.16. The van der Waals surface area contributed by atoms with Crippen molar-refractivity contribution in [3.8, 4) is 33.4 Å². The SMILES string of the molecule is Cc1cccc2c1-c1cc(N(c3ccc(-c4ccccc4)cc3)c3ccccc3-c3ccc(C(C)(C)C)cc3)ccc1C21C2CC3CC(C2)CC1C3. The molecule has 0 heterocycles. The van der Waals surface area contributed by atoms with Gasteiger partial charge in [0.1, 0.15) is 0 Å². The van der Waals surface area contributed by atoms with Gasteiger partial charge in [-0.15, -0.1) is 0 Å². The normalized spacial score (nSPS) is 23.8. The Morgan fingerprint density at radius 2 is 1.13 bits per heavy atom. The molecule has 4 fully saturated rings. The fourth-order valence-electron chi connectivity index (χ4n) is 11.5. The van der Waals surface area contributed by atoms with Crippen molar-refractivity contribution in [1.29, 1.82) is 0 Å². The molecule has 6 aromatic rings. The second kappa shape index (κ2) is 11.8. The molecule has 4 saturated carbocycles. The number of benzene rings is 6. The van der Waals surface area contributed by atoms with Crippen molar-refractivity contribution in [1.82, 2.24) is 0 Å². The van der Waals surface area contributed by atoms with Gasteiger partial charge in [0.05, 0.1) is 5.69 Å². The molecule has 5 aliphatic carbocycles. The van der Waals surface area contributed by atoms with E-state index in [9.17, 15) is 0 Å². The van der Waals surface area contributed by atoms with Gasteiger partial charge in [-0.1, -0.05) is 130 Å². The summed E-state index contributed by atoms with van der Waals surface area (Å²) in [6.45, 7) is 9.22. The van der Waals surface area contributed by atoms with Gasteiger partial charge in [0.2, 0.25) is 0 Å². The first-order valence-electron chi connectivity index (χ1n) is 19.7. The van der Waals surface area contributed by atoms with Crippen LogP contribution in [0.15, 0.2) is 140 Å². The Morgan fingerprint density at radius 3 is 1.83 bits per heavy atom. The number of anilines is 3. The summed E-state index contributed by atoms with van der Waals surface area (Å²) in [4.78, 5) is 2.52. The monoisotopic (exact) mass is 675 g/mol. The van der Waals surface area contributed by atoms with Crippen molar-refractivity contribution in [2.45, 2.75) is 70.6 Å². The lowest BCUT2D eigenvalue weighted by atomic mass is 9.43. The van der Waals surface area contributed by atoms with Crippen LogP contribution in [0.25, 0.3) is 33.4 Å². The van der Waals surface area contributed by atoms with Crippen LogP contribution >= 0.6 is 0 Å².